The van der Waals surface area contributed by atoms with Gasteiger partial charge in [-0.05, 0) is 46.8 Å². The van der Waals surface area contributed by atoms with Gasteiger partial charge in [0.05, 0.1) is 16.3 Å². The highest BCUT2D eigenvalue weighted by Gasteiger charge is 2.24. The molecule has 1 aromatic carbocycles. The number of benzene rings is 1. The normalized spacial score (nSPS) is 13.1. The third-order valence-electron chi connectivity index (χ3n) is 3.35. The minimum Gasteiger partial charge on any atom is -0.444 e. The predicted octanol–water partition coefficient (Wildman–Crippen LogP) is 2.88. The molecule has 1 atom stereocenters. The minimum atomic E-state index is -1.06. The highest BCUT2D eigenvalue weighted by molar-refractivity contribution is 14.0. The molecule has 0 saturated carbocycles. The molecule has 0 aliphatic heterocycles. The average molecular weight is 524 g/mol. The van der Waals surface area contributed by atoms with Crippen LogP contribution < -0.4 is 16.0 Å². The molecule has 28 heavy (non-hydrogen) atoms. The van der Waals surface area contributed by atoms with E-state index in [4.69, 9.17) is 4.74 Å². The van der Waals surface area contributed by atoms with E-state index in [2.05, 4.69) is 20.9 Å². The van der Waals surface area contributed by atoms with Crippen molar-refractivity contribution in [2.75, 3.05) is 25.9 Å². The van der Waals surface area contributed by atoms with Crippen LogP contribution in [0.3, 0.4) is 0 Å². The van der Waals surface area contributed by atoms with Gasteiger partial charge >= 0.3 is 6.09 Å². The molecule has 160 valence electrons. The predicted molar refractivity (Wildman–Crippen MR) is 126 cm³/mol. The lowest BCUT2D eigenvalue weighted by Gasteiger charge is -2.29. The SMILES string of the molecule is CN=C(NCCS(=O)c1ccccc1)NCC(C)(C)NC(=O)OC(C)(C)C.I. The summed E-state index contributed by atoms with van der Waals surface area (Å²) < 4.78 is 17.5. The molecule has 0 aliphatic rings. The number of aliphatic imine (C=N–C) groups is 1. The zero-order valence-corrected chi connectivity index (χ0v) is 20.6. The van der Waals surface area contributed by atoms with E-state index in [1.165, 1.54) is 0 Å². The summed E-state index contributed by atoms with van der Waals surface area (Å²) in [6, 6.07) is 9.36. The van der Waals surface area contributed by atoms with Crippen LogP contribution in [0.5, 0.6) is 0 Å². The highest BCUT2D eigenvalue weighted by atomic mass is 127. The summed E-state index contributed by atoms with van der Waals surface area (Å²) in [6.45, 7) is 10.2. The van der Waals surface area contributed by atoms with Gasteiger partial charge in [-0.1, -0.05) is 18.2 Å². The van der Waals surface area contributed by atoms with Crippen LogP contribution in [0.25, 0.3) is 0 Å². The lowest BCUT2D eigenvalue weighted by atomic mass is 10.1. The third kappa shape index (κ3) is 11.5. The first-order valence-electron chi connectivity index (χ1n) is 8.91. The van der Waals surface area contributed by atoms with E-state index in [-0.39, 0.29) is 24.0 Å². The quantitative estimate of drug-likeness (QED) is 0.290. The number of alkyl carbamates (subject to hydrolysis) is 1. The number of halogens is 1. The van der Waals surface area contributed by atoms with Crippen molar-refractivity contribution < 1.29 is 13.7 Å². The Morgan fingerprint density at radius 1 is 1.11 bits per heavy atom. The van der Waals surface area contributed by atoms with E-state index < -0.39 is 28.0 Å². The van der Waals surface area contributed by atoms with Crippen LogP contribution >= 0.6 is 24.0 Å². The van der Waals surface area contributed by atoms with Crippen LogP contribution in [0, 0.1) is 0 Å². The third-order valence-corrected chi connectivity index (χ3v) is 4.72. The van der Waals surface area contributed by atoms with Gasteiger partial charge in [0, 0.05) is 30.8 Å². The second-order valence-corrected chi connectivity index (χ2v) is 9.30. The number of hydrogen-bond acceptors (Lipinski definition) is 4. The van der Waals surface area contributed by atoms with Gasteiger partial charge in [0.15, 0.2) is 5.96 Å². The van der Waals surface area contributed by atoms with E-state index in [0.29, 0.717) is 24.8 Å². The van der Waals surface area contributed by atoms with Crippen molar-refractivity contribution in [1.82, 2.24) is 16.0 Å². The first kappa shape index (κ1) is 26.6. The fourth-order valence-electron chi connectivity index (χ4n) is 2.10. The topological polar surface area (TPSA) is 91.8 Å². The summed E-state index contributed by atoms with van der Waals surface area (Å²) in [7, 11) is 0.605. The Morgan fingerprint density at radius 3 is 2.25 bits per heavy atom. The van der Waals surface area contributed by atoms with Crippen LogP contribution in [-0.2, 0) is 15.5 Å². The van der Waals surface area contributed by atoms with Crippen molar-refractivity contribution in [1.29, 1.82) is 0 Å². The van der Waals surface area contributed by atoms with Gasteiger partial charge in [-0.25, -0.2) is 4.79 Å². The number of carbonyl (C=O) groups excluding carboxylic acids is 1. The van der Waals surface area contributed by atoms with Crippen molar-refractivity contribution in [3.05, 3.63) is 30.3 Å². The number of hydrogen-bond donors (Lipinski definition) is 3. The molecule has 0 saturated heterocycles. The van der Waals surface area contributed by atoms with Crippen LogP contribution in [-0.4, -0.2) is 53.3 Å². The maximum absolute atomic E-state index is 12.2. The van der Waals surface area contributed by atoms with Crippen LogP contribution in [0.15, 0.2) is 40.2 Å². The summed E-state index contributed by atoms with van der Waals surface area (Å²) in [5.74, 6) is 1.06. The maximum Gasteiger partial charge on any atom is 0.408 e. The first-order chi connectivity index (χ1) is 12.5. The van der Waals surface area contributed by atoms with Gasteiger partial charge in [-0.3, -0.25) is 9.20 Å². The average Bonchev–Trinajstić information content (AvgIpc) is 2.56. The minimum absolute atomic E-state index is 0. The number of nitrogens with zero attached hydrogens (tertiary/aromatic N) is 1. The largest absolute Gasteiger partial charge is 0.444 e. The number of amides is 1. The molecule has 3 N–H and O–H groups in total. The molecule has 1 amide bonds. The molecule has 0 bridgehead atoms. The first-order valence-corrected chi connectivity index (χ1v) is 10.2. The van der Waals surface area contributed by atoms with Gasteiger partial charge in [-0.15, -0.1) is 24.0 Å². The number of guanidine groups is 1. The molecular formula is C19H33IN4O3S. The highest BCUT2D eigenvalue weighted by Crippen LogP contribution is 2.09. The number of rotatable bonds is 7. The summed E-state index contributed by atoms with van der Waals surface area (Å²) in [5, 5.41) is 9.13. The number of carbonyl (C=O) groups is 1. The molecule has 1 aromatic rings. The van der Waals surface area contributed by atoms with Gasteiger partial charge in [0.2, 0.25) is 0 Å². The van der Waals surface area contributed by atoms with Crippen molar-refractivity contribution in [2.24, 2.45) is 4.99 Å². The number of ether oxygens (including phenoxy) is 1. The molecule has 0 spiro atoms. The van der Waals surface area contributed by atoms with E-state index >= 15 is 0 Å². The van der Waals surface area contributed by atoms with Crippen molar-refractivity contribution in [3.63, 3.8) is 0 Å². The van der Waals surface area contributed by atoms with Gasteiger partial charge < -0.3 is 20.7 Å². The molecular weight excluding hydrogens is 491 g/mol. The second-order valence-electron chi connectivity index (χ2n) is 7.73. The fourth-order valence-corrected chi connectivity index (χ4v) is 3.09. The molecule has 1 unspecified atom stereocenters. The van der Waals surface area contributed by atoms with E-state index in [9.17, 15) is 9.00 Å². The zero-order valence-electron chi connectivity index (χ0n) is 17.5. The van der Waals surface area contributed by atoms with Gasteiger partial charge in [-0.2, -0.15) is 0 Å². The lowest BCUT2D eigenvalue weighted by molar-refractivity contribution is 0.0474. The Balaban J connectivity index is 0.00000729. The molecule has 0 aromatic heterocycles. The van der Waals surface area contributed by atoms with Crippen molar-refractivity contribution in [3.8, 4) is 0 Å². The Morgan fingerprint density at radius 2 is 1.71 bits per heavy atom. The Hall–Kier alpha value is -1.36. The molecule has 7 nitrogen and oxygen atoms in total. The maximum atomic E-state index is 12.2. The molecule has 0 aliphatic carbocycles. The smallest absolute Gasteiger partial charge is 0.408 e. The van der Waals surface area contributed by atoms with Crippen LogP contribution in [0.2, 0.25) is 0 Å². The van der Waals surface area contributed by atoms with Gasteiger partial charge in [0.1, 0.15) is 5.60 Å². The summed E-state index contributed by atoms with van der Waals surface area (Å²) in [4.78, 5) is 16.9. The lowest BCUT2D eigenvalue weighted by Crippen LogP contribution is -2.54. The molecule has 9 heteroatoms. The Bertz CT molecular complexity index is 661. The molecule has 0 radical (unpaired) electrons. The van der Waals surface area contributed by atoms with E-state index in [1.807, 2.05) is 65.0 Å². The summed E-state index contributed by atoms with van der Waals surface area (Å²) >= 11 is 0. The van der Waals surface area contributed by atoms with Crippen LogP contribution in [0.4, 0.5) is 4.79 Å². The molecule has 1 rings (SSSR count). The second kappa shape index (κ2) is 12.3. The zero-order chi connectivity index (χ0) is 20.5. The molecule has 0 fully saturated rings. The fraction of sp³-hybridized carbons (Fsp3) is 0.579. The van der Waals surface area contributed by atoms with Gasteiger partial charge in [0.25, 0.3) is 0 Å². The summed E-state index contributed by atoms with van der Waals surface area (Å²) in [6.07, 6.45) is -0.462. The van der Waals surface area contributed by atoms with Crippen LogP contribution in [0.1, 0.15) is 34.6 Å². The summed E-state index contributed by atoms with van der Waals surface area (Å²) in [5.41, 5.74) is -1.08. The Kier molecular flexibility index (Phi) is 11.7. The van der Waals surface area contributed by atoms with Crippen molar-refractivity contribution >= 4 is 46.8 Å². The van der Waals surface area contributed by atoms with Crippen molar-refractivity contribution in [2.45, 2.75) is 50.7 Å². The molecule has 0 heterocycles. The van der Waals surface area contributed by atoms with E-state index in [0.717, 1.165) is 4.90 Å². The standard InChI is InChI=1S/C19H32N4O3S.HI/c1-18(2,3)26-17(24)23-19(4,5)14-22-16(20-6)21-12-13-27(25)15-10-8-7-9-11-15;/h7-11H,12-14H2,1-6H3,(H,23,24)(H2,20,21,22);1H. The Labute approximate surface area is 188 Å². The number of nitrogens with one attached hydrogen (secondary N) is 3. The monoisotopic (exact) mass is 524 g/mol. The van der Waals surface area contributed by atoms with E-state index in [1.54, 1.807) is 7.05 Å².